The van der Waals surface area contributed by atoms with Gasteiger partial charge in [0.2, 0.25) is 5.91 Å². The molecule has 1 atom stereocenters. The molecule has 16 heavy (non-hydrogen) atoms. The fraction of sp³-hybridized carbons (Fsp3) is 0.917. The summed E-state index contributed by atoms with van der Waals surface area (Å²) in [6.07, 6.45) is 0.983. The van der Waals surface area contributed by atoms with Crippen molar-refractivity contribution in [2.45, 2.75) is 32.7 Å². The Kier molecular flexibility index (Phi) is 6.60. The molecule has 0 saturated heterocycles. The van der Waals surface area contributed by atoms with Gasteiger partial charge in [0.1, 0.15) is 0 Å². The normalized spacial score (nSPS) is 15.2. The van der Waals surface area contributed by atoms with Crippen LogP contribution < -0.4 is 10.6 Å². The topological polar surface area (TPSA) is 44.4 Å². The van der Waals surface area contributed by atoms with Gasteiger partial charge in [0.05, 0.1) is 5.54 Å². The first-order valence-electron chi connectivity index (χ1n) is 5.96. The van der Waals surface area contributed by atoms with E-state index in [1.807, 2.05) is 28.1 Å². The second-order valence-electron chi connectivity index (χ2n) is 5.02. The van der Waals surface area contributed by atoms with Crippen LogP contribution in [0.2, 0.25) is 0 Å². The number of rotatable bonds is 7. The van der Waals surface area contributed by atoms with E-state index in [0.717, 1.165) is 19.5 Å². The molecule has 1 unspecified atom stereocenters. The second-order valence-corrected chi connectivity index (χ2v) is 5.02. The lowest BCUT2D eigenvalue weighted by atomic mass is 9.87. The summed E-state index contributed by atoms with van der Waals surface area (Å²) in [5, 5.41) is 6.09. The van der Waals surface area contributed by atoms with Crippen LogP contribution in [0, 0.1) is 5.92 Å². The Morgan fingerprint density at radius 3 is 2.31 bits per heavy atom. The van der Waals surface area contributed by atoms with Gasteiger partial charge < -0.3 is 15.5 Å². The Labute approximate surface area is 99.8 Å². The summed E-state index contributed by atoms with van der Waals surface area (Å²) < 4.78 is 0. The van der Waals surface area contributed by atoms with Crippen molar-refractivity contribution in [3.63, 3.8) is 0 Å². The molecule has 2 N–H and O–H groups in total. The van der Waals surface area contributed by atoms with Gasteiger partial charge in [-0.15, -0.1) is 0 Å². The van der Waals surface area contributed by atoms with Crippen LogP contribution in [-0.4, -0.2) is 50.6 Å². The third-order valence-electron chi connectivity index (χ3n) is 3.21. The molecule has 1 amide bonds. The highest BCUT2D eigenvalue weighted by atomic mass is 16.2. The summed E-state index contributed by atoms with van der Waals surface area (Å²) in [5.41, 5.74) is -0.474. The highest BCUT2D eigenvalue weighted by Crippen LogP contribution is 2.15. The van der Waals surface area contributed by atoms with Gasteiger partial charge >= 0.3 is 0 Å². The maximum absolute atomic E-state index is 12.0. The Morgan fingerprint density at radius 2 is 1.94 bits per heavy atom. The van der Waals surface area contributed by atoms with Crippen LogP contribution in [0.25, 0.3) is 0 Å². The molecular formula is C12H27N3O. The lowest BCUT2D eigenvalue weighted by Crippen LogP contribution is -2.57. The van der Waals surface area contributed by atoms with Gasteiger partial charge in [-0.05, 0) is 47.0 Å². The number of amides is 1. The zero-order chi connectivity index (χ0) is 12.8. The zero-order valence-electron chi connectivity index (χ0n) is 11.6. The Balaban J connectivity index is 4.04. The fourth-order valence-electron chi connectivity index (χ4n) is 1.45. The van der Waals surface area contributed by atoms with E-state index < -0.39 is 5.54 Å². The minimum Gasteiger partial charge on any atom is -0.354 e. The van der Waals surface area contributed by atoms with E-state index in [4.69, 9.17) is 0 Å². The molecule has 0 aromatic carbocycles. The van der Waals surface area contributed by atoms with E-state index in [2.05, 4.69) is 29.4 Å². The highest BCUT2D eigenvalue weighted by Gasteiger charge is 2.34. The SMILES string of the molecule is CNC(C)(C(=O)NCCCN(C)C)C(C)C. The van der Waals surface area contributed by atoms with Crippen molar-refractivity contribution >= 4 is 5.91 Å². The van der Waals surface area contributed by atoms with Crippen molar-refractivity contribution in [1.82, 2.24) is 15.5 Å². The molecule has 0 saturated carbocycles. The first kappa shape index (κ1) is 15.4. The van der Waals surface area contributed by atoms with Crippen LogP contribution >= 0.6 is 0 Å². The lowest BCUT2D eigenvalue weighted by molar-refractivity contribution is -0.128. The number of nitrogens with zero attached hydrogens (tertiary/aromatic N) is 1. The summed E-state index contributed by atoms with van der Waals surface area (Å²) in [4.78, 5) is 14.1. The van der Waals surface area contributed by atoms with Gasteiger partial charge in [0, 0.05) is 6.54 Å². The highest BCUT2D eigenvalue weighted by molar-refractivity contribution is 5.86. The number of carbonyl (C=O) groups is 1. The molecule has 0 fully saturated rings. The fourth-order valence-corrected chi connectivity index (χ4v) is 1.45. The number of likely N-dealkylation sites (N-methyl/N-ethyl adjacent to an activating group) is 1. The zero-order valence-corrected chi connectivity index (χ0v) is 11.6. The molecule has 4 heteroatoms. The monoisotopic (exact) mass is 229 g/mol. The molecule has 0 aromatic heterocycles. The average molecular weight is 229 g/mol. The molecule has 0 aliphatic carbocycles. The number of carbonyl (C=O) groups excluding carboxylic acids is 1. The van der Waals surface area contributed by atoms with E-state index in [1.165, 1.54) is 0 Å². The van der Waals surface area contributed by atoms with E-state index in [0.29, 0.717) is 0 Å². The minimum absolute atomic E-state index is 0.0868. The van der Waals surface area contributed by atoms with Crippen molar-refractivity contribution in [3.8, 4) is 0 Å². The number of hydrogen-bond donors (Lipinski definition) is 2. The predicted molar refractivity (Wildman–Crippen MR) is 68.5 cm³/mol. The molecule has 96 valence electrons. The lowest BCUT2D eigenvalue weighted by Gasteiger charge is -2.32. The largest absolute Gasteiger partial charge is 0.354 e. The molecule has 0 aromatic rings. The first-order valence-corrected chi connectivity index (χ1v) is 5.96. The summed E-state index contributed by atoms with van der Waals surface area (Å²) in [5.74, 6) is 0.357. The molecule has 0 bridgehead atoms. The maximum Gasteiger partial charge on any atom is 0.240 e. The molecule has 0 radical (unpaired) electrons. The standard InChI is InChI=1S/C12H27N3O/c1-10(2)12(3,13-4)11(16)14-8-7-9-15(5)6/h10,13H,7-9H2,1-6H3,(H,14,16). The minimum atomic E-state index is -0.474. The summed E-state index contributed by atoms with van der Waals surface area (Å²) in [6.45, 7) is 7.78. The Morgan fingerprint density at radius 1 is 1.38 bits per heavy atom. The molecule has 0 aliphatic heterocycles. The molecular weight excluding hydrogens is 202 g/mol. The molecule has 0 rings (SSSR count). The maximum atomic E-state index is 12.0. The van der Waals surface area contributed by atoms with Crippen molar-refractivity contribution in [1.29, 1.82) is 0 Å². The van der Waals surface area contributed by atoms with Crippen molar-refractivity contribution < 1.29 is 4.79 Å². The van der Waals surface area contributed by atoms with E-state index in [9.17, 15) is 4.79 Å². The van der Waals surface area contributed by atoms with Gasteiger partial charge in [-0.1, -0.05) is 13.8 Å². The van der Waals surface area contributed by atoms with Crippen molar-refractivity contribution in [2.24, 2.45) is 5.92 Å². The molecule has 4 nitrogen and oxygen atoms in total. The number of hydrogen-bond acceptors (Lipinski definition) is 3. The van der Waals surface area contributed by atoms with Crippen LogP contribution in [0.4, 0.5) is 0 Å². The van der Waals surface area contributed by atoms with Crippen LogP contribution in [0.1, 0.15) is 27.2 Å². The van der Waals surface area contributed by atoms with E-state index in [-0.39, 0.29) is 11.8 Å². The summed E-state index contributed by atoms with van der Waals surface area (Å²) >= 11 is 0. The van der Waals surface area contributed by atoms with Crippen molar-refractivity contribution in [3.05, 3.63) is 0 Å². The third-order valence-corrected chi connectivity index (χ3v) is 3.21. The van der Waals surface area contributed by atoms with Crippen LogP contribution in [0.5, 0.6) is 0 Å². The molecule has 0 heterocycles. The summed E-state index contributed by atoms with van der Waals surface area (Å²) in [7, 11) is 5.90. The van der Waals surface area contributed by atoms with Gasteiger partial charge in [-0.2, -0.15) is 0 Å². The van der Waals surface area contributed by atoms with Crippen molar-refractivity contribution in [2.75, 3.05) is 34.2 Å². The Bertz CT molecular complexity index is 216. The van der Waals surface area contributed by atoms with Crippen LogP contribution in [0.3, 0.4) is 0 Å². The first-order chi connectivity index (χ1) is 7.34. The smallest absolute Gasteiger partial charge is 0.240 e. The Hall–Kier alpha value is -0.610. The molecule has 0 spiro atoms. The third kappa shape index (κ3) is 4.49. The average Bonchev–Trinajstić information content (AvgIpc) is 2.22. The van der Waals surface area contributed by atoms with Crippen LogP contribution in [-0.2, 0) is 4.79 Å². The van der Waals surface area contributed by atoms with E-state index in [1.54, 1.807) is 0 Å². The van der Waals surface area contributed by atoms with Crippen LogP contribution in [0.15, 0.2) is 0 Å². The second kappa shape index (κ2) is 6.86. The summed E-state index contributed by atoms with van der Waals surface area (Å²) in [6, 6.07) is 0. The molecule has 0 aliphatic rings. The quantitative estimate of drug-likeness (QED) is 0.631. The van der Waals surface area contributed by atoms with Gasteiger partial charge in [-0.25, -0.2) is 0 Å². The van der Waals surface area contributed by atoms with Gasteiger partial charge in [-0.3, -0.25) is 4.79 Å². The predicted octanol–water partition coefficient (Wildman–Crippen LogP) is 0.688. The number of nitrogens with one attached hydrogen (secondary N) is 2. The van der Waals surface area contributed by atoms with E-state index >= 15 is 0 Å². The van der Waals surface area contributed by atoms with Gasteiger partial charge in [0.15, 0.2) is 0 Å². The van der Waals surface area contributed by atoms with Gasteiger partial charge in [0.25, 0.3) is 0 Å².